The van der Waals surface area contributed by atoms with Crippen molar-refractivity contribution in [3.05, 3.63) is 44.7 Å². The zero-order valence-corrected chi connectivity index (χ0v) is 15.8. The summed E-state index contributed by atoms with van der Waals surface area (Å²) in [4.78, 5) is 16.3. The van der Waals surface area contributed by atoms with Gasteiger partial charge in [-0.25, -0.2) is 4.79 Å². The molecule has 3 rings (SSSR count). The predicted octanol–water partition coefficient (Wildman–Crippen LogP) is 4.95. The number of hydrogen-bond donors (Lipinski definition) is 3. The molecule has 4 N–H and O–H groups in total. The van der Waals surface area contributed by atoms with E-state index in [-0.39, 0.29) is 0 Å². The van der Waals surface area contributed by atoms with Crippen molar-refractivity contribution in [3.8, 4) is 10.6 Å². The maximum Gasteiger partial charge on any atom is 0.336 e. The van der Waals surface area contributed by atoms with Gasteiger partial charge in [0.15, 0.2) is 0 Å². The lowest BCUT2D eigenvalue weighted by Gasteiger charge is -2.06. The molecule has 0 aliphatic heterocycles. The average Bonchev–Trinajstić information content (AvgIpc) is 3.12. The quantitative estimate of drug-likeness (QED) is 0.506. The Morgan fingerprint density at radius 2 is 2.12 bits per heavy atom. The smallest absolute Gasteiger partial charge is 0.336 e. The minimum atomic E-state index is -0.893. The van der Waals surface area contributed by atoms with E-state index in [0.29, 0.717) is 12.1 Å². The van der Waals surface area contributed by atoms with E-state index in [1.54, 1.807) is 17.4 Å². The topological polar surface area (TPSA) is 79.1 Å². The average molecular weight is 407 g/mol. The fourth-order valence-corrected chi connectivity index (χ4v) is 4.65. The number of aromatic amines is 1. The maximum atomic E-state index is 11.7. The number of nitrogens with two attached hydrogens (primary N) is 1. The fourth-order valence-electron chi connectivity index (χ4n) is 3.05. The molecule has 0 bridgehead atoms. The van der Waals surface area contributed by atoms with Gasteiger partial charge in [0.1, 0.15) is 0 Å². The summed E-state index contributed by atoms with van der Waals surface area (Å²) in [6, 6.07) is 5.58. The number of H-pyrrole nitrogens is 1. The van der Waals surface area contributed by atoms with Gasteiger partial charge in [0, 0.05) is 15.4 Å². The highest BCUT2D eigenvalue weighted by Crippen LogP contribution is 2.40. The first-order valence-corrected chi connectivity index (χ1v) is 9.52. The molecule has 0 spiro atoms. The molecule has 0 saturated heterocycles. The van der Waals surface area contributed by atoms with E-state index in [2.05, 4.69) is 20.9 Å². The van der Waals surface area contributed by atoms with Crippen LogP contribution in [0, 0.1) is 6.92 Å². The second kappa shape index (κ2) is 7.09. The van der Waals surface area contributed by atoms with Crippen LogP contribution in [0.4, 0.5) is 0 Å². The minimum absolute atomic E-state index is 0.355. The van der Waals surface area contributed by atoms with Crippen LogP contribution in [0.1, 0.15) is 34.3 Å². The molecule has 0 saturated carbocycles. The molecule has 0 aliphatic carbocycles. The SMILES string of the molecule is Cc1ccc(C(=O)O)c2c(CCCCN)c(-c3sccc3Br)[nH]c12. The van der Waals surface area contributed by atoms with Crippen LogP contribution in [0.3, 0.4) is 0 Å². The number of rotatable bonds is 6. The van der Waals surface area contributed by atoms with Crippen LogP contribution in [-0.2, 0) is 6.42 Å². The number of aromatic carboxylic acids is 1. The van der Waals surface area contributed by atoms with Gasteiger partial charge in [-0.05, 0) is 77.3 Å². The molecule has 0 amide bonds. The normalized spacial score (nSPS) is 11.3. The van der Waals surface area contributed by atoms with Gasteiger partial charge < -0.3 is 15.8 Å². The number of hydrogen-bond acceptors (Lipinski definition) is 3. The highest BCUT2D eigenvalue weighted by molar-refractivity contribution is 9.10. The summed E-state index contributed by atoms with van der Waals surface area (Å²) in [6.45, 7) is 2.65. The van der Waals surface area contributed by atoms with Crippen molar-refractivity contribution in [1.82, 2.24) is 4.98 Å². The molecule has 3 aromatic rings. The number of halogens is 1. The first-order chi connectivity index (χ1) is 11.5. The molecule has 6 heteroatoms. The summed E-state index contributed by atoms with van der Waals surface area (Å²) in [6.07, 6.45) is 2.67. The van der Waals surface area contributed by atoms with Crippen molar-refractivity contribution in [1.29, 1.82) is 0 Å². The molecule has 4 nitrogen and oxygen atoms in total. The van der Waals surface area contributed by atoms with Crippen LogP contribution < -0.4 is 5.73 Å². The van der Waals surface area contributed by atoms with Crippen LogP contribution in [0.15, 0.2) is 28.1 Å². The van der Waals surface area contributed by atoms with E-state index in [1.165, 1.54) is 0 Å². The molecule has 0 aliphatic rings. The summed E-state index contributed by atoms with van der Waals surface area (Å²) >= 11 is 5.24. The second-order valence-corrected chi connectivity index (χ2v) is 7.58. The Balaban J connectivity index is 2.29. The van der Waals surface area contributed by atoms with Crippen molar-refractivity contribution >= 4 is 44.1 Å². The Labute approximate surface area is 152 Å². The molecular weight excluding hydrogens is 388 g/mol. The number of fused-ring (bicyclic) bond motifs is 1. The number of nitrogens with one attached hydrogen (secondary N) is 1. The highest BCUT2D eigenvalue weighted by Gasteiger charge is 2.21. The Morgan fingerprint density at radius 1 is 1.33 bits per heavy atom. The summed E-state index contributed by atoms with van der Waals surface area (Å²) in [5.74, 6) is -0.893. The Morgan fingerprint density at radius 3 is 2.75 bits per heavy atom. The van der Waals surface area contributed by atoms with Gasteiger partial charge in [0.2, 0.25) is 0 Å². The summed E-state index contributed by atoms with van der Waals surface area (Å²) in [5.41, 5.74) is 10.0. The lowest BCUT2D eigenvalue weighted by Crippen LogP contribution is -2.01. The predicted molar refractivity (Wildman–Crippen MR) is 103 cm³/mol. The van der Waals surface area contributed by atoms with Crippen molar-refractivity contribution < 1.29 is 9.90 Å². The van der Waals surface area contributed by atoms with Crippen LogP contribution in [0.5, 0.6) is 0 Å². The summed E-state index contributed by atoms with van der Waals surface area (Å²) in [5, 5.41) is 12.5. The third-order valence-electron chi connectivity index (χ3n) is 4.22. The third-order valence-corrected chi connectivity index (χ3v) is 6.08. The molecule has 126 valence electrons. The zero-order chi connectivity index (χ0) is 17.3. The molecule has 0 atom stereocenters. The highest BCUT2D eigenvalue weighted by atomic mass is 79.9. The number of aromatic nitrogens is 1. The zero-order valence-electron chi connectivity index (χ0n) is 13.4. The van der Waals surface area contributed by atoms with E-state index >= 15 is 0 Å². The maximum absolute atomic E-state index is 11.7. The largest absolute Gasteiger partial charge is 0.478 e. The molecule has 2 heterocycles. The number of unbranched alkanes of at least 4 members (excludes halogenated alkanes) is 1. The van der Waals surface area contributed by atoms with Crippen LogP contribution in [0.25, 0.3) is 21.5 Å². The van der Waals surface area contributed by atoms with E-state index in [4.69, 9.17) is 5.73 Å². The number of carbonyl (C=O) groups is 1. The summed E-state index contributed by atoms with van der Waals surface area (Å²) in [7, 11) is 0. The second-order valence-electron chi connectivity index (χ2n) is 5.81. The van der Waals surface area contributed by atoms with Gasteiger partial charge in [0.25, 0.3) is 0 Å². The van der Waals surface area contributed by atoms with Crippen LogP contribution in [-0.4, -0.2) is 22.6 Å². The minimum Gasteiger partial charge on any atom is -0.478 e. The van der Waals surface area contributed by atoms with Crippen LogP contribution >= 0.6 is 27.3 Å². The van der Waals surface area contributed by atoms with Crippen LogP contribution in [0.2, 0.25) is 0 Å². The van der Waals surface area contributed by atoms with Gasteiger partial charge in [-0.15, -0.1) is 11.3 Å². The fraction of sp³-hybridized carbons (Fsp3) is 0.278. The molecule has 0 radical (unpaired) electrons. The summed E-state index contributed by atoms with van der Waals surface area (Å²) < 4.78 is 1.02. The molecule has 1 aromatic carbocycles. The van der Waals surface area contributed by atoms with Crippen molar-refractivity contribution in [2.45, 2.75) is 26.2 Å². The number of thiophene rings is 1. The monoisotopic (exact) mass is 406 g/mol. The molecule has 24 heavy (non-hydrogen) atoms. The van der Waals surface area contributed by atoms with Gasteiger partial charge in [-0.1, -0.05) is 6.07 Å². The van der Waals surface area contributed by atoms with Crippen molar-refractivity contribution in [3.63, 3.8) is 0 Å². The number of aryl methyl sites for hydroxylation is 2. The third kappa shape index (κ3) is 3.01. The van der Waals surface area contributed by atoms with E-state index < -0.39 is 5.97 Å². The Kier molecular flexibility index (Phi) is 5.08. The number of carboxylic acid groups (broad SMARTS) is 1. The number of carboxylic acids is 1. The first kappa shape index (κ1) is 17.2. The standard InChI is InChI=1S/C18H19BrN2O2S/c1-10-5-6-12(18(22)23)14-11(4-2-3-8-20)16(21-15(10)14)17-13(19)7-9-24-17/h5-7,9,21H,2-4,8,20H2,1H3,(H,22,23). The Hall–Kier alpha value is -1.63. The molecule has 0 fully saturated rings. The van der Waals surface area contributed by atoms with Gasteiger partial charge in [0.05, 0.1) is 16.1 Å². The van der Waals surface area contributed by atoms with E-state index in [0.717, 1.165) is 56.3 Å². The lowest BCUT2D eigenvalue weighted by atomic mass is 9.98. The first-order valence-electron chi connectivity index (χ1n) is 7.85. The number of benzene rings is 1. The lowest BCUT2D eigenvalue weighted by molar-refractivity contribution is 0.0699. The van der Waals surface area contributed by atoms with Crippen molar-refractivity contribution in [2.24, 2.45) is 5.73 Å². The molecule has 2 aromatic heterocycles. The van der Waals surface area contributed by atoms with Crippen molar-refractivity contribution in [2.75, 3.05) is 6.54 Å². The molecular formula is C18H19BrN2O2S. The Bertz CT molecular complexity index is 898. The van der Waals surface area contributed by atoms with Gasteiger partial charge in [-0.3, -0.25) is 0 Å². The van der Waals surface area contributed by atoms with E-state index in [9.17, 15) is 9.90 Å². The molecule has 0 unspecified atom stereocenters. The van der Waals surface area contributed by atoms with E-state index in [1.807, 2.05) is 24.4 Å². The van der Waals surface area contributed by atoms with Gasteiger partial charge in [-0.2, -0.15) is 0 Å². The van der Waals surface area contributed by atoms with Gasteiger partial charge >= 0.3 is 5.97 Å².